The molecule has 0 radical (unpaired) electrons. The Morgan fingerprint density at radius 2 is 2.07 bits per heavy atom. The van der Waals surface area contributed by atoms with Crippen LogP contribution in [0.15, 0.2) is 29.9 Å². The molecule has 7 nitrogen and oxygen atoms in total. The van der Waals surface area contributed by atoms with Gasteiger partial charge in [-0.3, -0.25) is 0 Å². The van der Waals surface area contributed by atoms with Gasteiger partial charge in [0.1, 0.15) is 12.1 Å². The normalized spacial score (nSPS) is 20.0. The van der Waals surface area contributed by atoms with E-state index in [2.05, 4.69) is 48.3 Å². The highest BCUT2D eigenvalue weighted by Crippen LogP contribution is 2.31. The highest BCUT2D eigenvalue weighted by Gasteiger charge is 2.24. The van der Waals surface area contributed by atoms with Gasteiger partial charge < -0.3 is 19.3 Å². The summed E-state index contributed by atoms with van der Waals surface area (Å²) in [4.78, 5) is 18.6. The Morgan fingerprint density at radius 3 is 2.90 bits per heavy atom. The van der Waals surface area contributed by atoms with Gasteiger partial charge in [0, 0.05) is 42.6 Å². The molecule has 1 atom stereocenters. The molecule has 158 valence electrons. The zero-order valence-corrected chi connectivity index (χ0v) is 18.1. The lowest BCUT2D eigenvalue weighted by molar-refractivity contribution is 0.122. The summed E-state index contributed by atoms with van der Waals surface area (Å²) >= 11 is 1.57. The molecule has 1 aromatic carbocycles. The van der Waals surface area contributed by atoms with E-state index in [9.17, 15) is 0 Å². The molecule has 4 heterocycles. The molecule has 1 unspecified atom stereocenters. The zero-order valence-electron chi connectivity index (χ0n) is 17.3. The molecule has 2 aromatic heterocycles. The number of aromatic nitrogens is 3. The number of thiazole rings is 1. The number of fused-ring (bicyclic) bond motifs is 1. The standard InChI is InChI=1S/C22H27N5O2S/c1-28-22-25-17(14-30-22)11-16-3-2-6-27(13-16)21-19-5-4-18(12-20(19)23-15-24-21)26-7-9-29-10-8-26/h4-5,12,14-16H,2-3,6-11,13H2,1H3. The number of rotatable bonds is 5. The van der Waals surface area contributed by atoms with E-state index in [1.807, 2.05) is 0 Å². The third kappa shape index (κ3) is 4.06. The van der Waals surface area contributed by atoms with E-state index in [0.29, 0.717) is 5.92 Å². The van der Waals surface area contributed by atoms with Crippen LogP contribution in [0.4, 0.5) is 11.5 Å². The number of anilines is 2. The molecule has 0 spiro atoms. The van der Waals surface area contributed by atoms with E-state index in [0.717, 1.165) is 73.4 Å². The Kier molecular flexibility index (Phi) is 5.68. The van der Waals surface area contributed by atoms with Crippen LogP contribution in [0.2, 0.25) is 0 Å². The average Bonchev–Trinajstić information content (AvgIpc) is 3.26. The van der Waals surface area contributed by atoms with Crippen molar-refractivity contribution in [1.29, 1.82) is 0 Å². The lowest BCUT2D eigenvalue weighted by Gasteiger charge is -2.34. The monoisotopic (exact) mass is 425 g/mol. The van der Waals surface area contributed by atoms with Crippen LogP contribution >= 0.6 is 11.3 Å². The van der Waals surface area contributed by atoms with Crippen molar-refractivity contribution in [3.63, 3.8) is 0 Å². The van der Waals surface area contributed by atoms with Crippen LogP contribution in [-0.4, -0.2) is 61.5 Å². The van der Waals surface area contributed by atoms with Crippen LogP contribution in [-0.2, 0) is 11.2 Å². The molecular weight excluding hydrogens is 398 g/mol. The summed E-state index contributed by atoms with van der Waals surface area (Å²) in [7, 11) is 1.68. The van der Waals surface area contributed by atoms with E-state index in [-0.39, 0.29) is 0 Å². The summed E-state index contributed by atoms with van der Waals surface area (Å²) in [6, 6.07) is 6.57. The molecule has 2 fully saturated rings. The minimum absolute atomic E-state index is 0.572. The van der Waals surface area contributed by atoms with Gasteiger partial charge >= 0.3 is 0 Å². The highest BCUT2D eigenvalue weighted by molar-refractivity contribution is 7.11. The molecule has 2 saturated heterocycles. The summed E-state index contributed by atoms with van der Waals surface area (Å²) in [5, 5.41) is 3.99. The predicted molar refractivity (Wildman–Crippen MR) is 120 cm³/mol. The van der Waals surface area contributed by atoms with Gasteiger partial charge in [-0.1, -0.05) is 11.3 Å². The van der Waals surface area contributed by atoms with Crippen molar-refractivity contribution in [2.24, 2.45) is 5.92 Å². The Hall–Kier alpha value is -2.45. The van der Waals surface area contributed by atoms with Gasteiger partial charge in [-0.2, -0.15) is 0 Å². The van der Waals surface area contributed by atoms with Crippen LogP contribution in [0.5, 0.6) is 5.19 Å². The molecule has 8 heteroatoms. The molecule has 0 N–H and O–H groups in total. The molecule has 30 heavy (non-hydrogen) atoms. The second-order valence-corrected chi connectivity index (χ2v) is 8.79. The third-order valence-corrected chi connectivity index (χ3v) is 6.85. The summed E-state index contributed by atoms with van der Waals surface area (Å²) in [5.74, 6) is 1.62. The average molecular weight is 426 g/mol. The smallest absolute Gasteiger partial charge is 0.273 e. The van der Waals surface area contributed by atoms with E-state index in [1.165, 1.54) is 18.5 Å². The number of ether oxygens (including phenoxy) is 2. The van der Waals surface area contributed by atoms with Crippen molar-refractivity contribution in [1.82, 2.24) is 15.0 Å². The second-order valence-electron chi connectivity index (χ2n) is 7.97. The summed E-state index contributed by atoms with van der Waals surface area (Å²) in [6.07, 6.45) is 5.08. The highest BCUT2D eigenvalue weighted by atomic mass is 32.1. The fourth-order valence-electron chi connectivity index (χ4n) is 4.50. The lowest BCUT2D eigenvalue weighted by Crippen LogP contribution is -2.37. The minimum atomic E-state index is 0.572. The lowest BCUT2D eigenvalue weighted by atomic mass is 9.93. The van der Waals surface area contributed by atoms with E-state index < -0.39 is 0 Å². The Labute approximate surface area is 180 Å². The molecule has 0 bridgehead atoms. The largest absolute Gasteiger partial charge is 0.473 e. The topological polar surface area (TPSA) is 63.6 Å². The van der Waals surface area contributed by atoms with Crippen molar-refractivity contribution in [3.8, 4) is 5.19 Å². The summed E-state index contributed by atoms with van der Waals surface area (Å²) < 4.78 is 10.7. The van der Waals surface area contributed by atoms with Crippen LogP contribution < -0.4 is 14.5 Å². The Bertz CT molecular complexity index is 1000. The molecule has 2 aliphatic heterocycles. The predicted octanol–water partition coefficient (Wildman–Crippen LogP) is 3.39. The van der Waals surface area contributed by atoms with Gasteiger partial charge in [0.15, 0.2) is 0 Å². The van der Waals surface area contributed by atoms with E-state index in [1.54, 1.807) is 24.8 Å². The van der Waals surface area contributed by atoms with E-state index >= 15 is 0 Å². The molecular formula is C22H27N5O2S. The third-order valence-electron chi connectivity index (χ3n) is 6.00. The number of morpholine rings is 1. The van der Waals surface area contributed by atoms with Gasteiger partial charge in [-0.05, 0) is 43.4 Å². The van der Waals surface area contributed by atoms with Gasteiger partial charge in [0.05, 0.1) is 31.5 Å². The number of benzene rings is 1. The number of methoxy groups -OCH3 is 1. The Balaban J connectivity index is 1.35. The second kappa shape index (κ2) is 8.73. The van der Waals surface area contributed by atoms with Gasteiger partial charge in [-0.15, -0.1) is 0 Å². The minimum Gasteiger partial charge on any atom is -0.473 e. The van der Waals surface area contributed by atoms with Crippen LogP contribution in [0, 0.1) is 5.92 Å². The SMILES string of the molecule is COc1nc(CC2CCCN(c3ncnc4cc(N5CCOCC5)ccc34)C2)cs1. The molecule has 5 rings (SSSR count). The fraction of sp³-hybridized carbons (Fsp3) is 0.500. The van der Waals surface area contributed by atoms with Crippen molar-refractivity contribution in [2.45, 2.75) is 19.3 Å². The number of hydrogen-bond donors (Lipinski definition) is 0. The van der Waals surface area contributed by atoms with Gasteiger partial charge in [0.2, 0.25) is 0 Å². The van der Waals surface area contributed by atoms with E-state index in [4.69, 9.17) is 9.47 Å². The number of hydrogen-bond acceptors (Lipinski definition) is 8. The first kappa shape index (κ1) is 19.5. The zero-order chi connectivity index (χ0) is 20.3. The molecule has 2 aliphatic rings. The maximum Gasteiger partial charge on any atom is 0.273 e. The maximum absolute atomic E-state index is 5.48. The first-order chi connectivity index (χ1) is 14.8. The molecule has 0 saturated carbocycles. The molecule has 3 aromatic rings. The quantitative estimate of drug-likeness (QED) is 0.621. The van der Waals surface area contributed by atoms with Crippen LogP contribution in [0.1, 0.15) is 18.5 Å². The van der Waals surface area contributed by atoms with Crippen molar-refractivity contribution in [3.05, 3.63) is 35.6 Å². The summed E-state index contributed by atoms with van der Waals surface area (Å²) in [6.45, 7) is 5.46. The van der Waals surface area contributed by atoms with Gasteiger partial charge in [-0.25, -0.2) is 15.0 Å². The van der Waals surface area contributed by atoms with Crippen molar-refractivity contribution >= 4 is 33.7 Å². The molecule has 0 amide bonds. The van der Waals surface area contributed by atoms with Gasteiger partial charge in [0.25, 0.3) is 5.19 Å². The van der Waals surface area contributed by atoms with Crippen molar-refractivity contribution < 1.29 is 9.47 Å². The Morgan fingerprint density at radius 1 is 1.17 bits per heavy atom. The fourth-order valence-corrected chi connectivity index (χ4v) is 5.15. The molecule has 0 aliphatic carbocycles. The first-order valence-electron chi connectivity index (χ1n) is 10.6. The van der Waals surface area contributed by atoms with Crippen molar-refractivity contribution in [2.75, 3.05) is 56.3 Å². The maximum atomic E-state index is 5.48. The van der Waals surface area contributed by atoms with Crippen LogP contribution in [0.3, 0.4) is 0 Å². The van der Waals surface area contributed by atoms with Crippen LogP contribution in [0.25, 0.3) is 10.9 Å². The summed E-state index contributed by atoms with van der Waals surface area (Å²) in [5.41, 5.74) is 3.35. The number of piperidine rings is 1. The first-order valence-corrected chi connectivity index (χ1v) is 11.5. The number of nitrogens with zero attached hydrogens (tertiary/aromatic N) is 5.